The first-order valence-corrected chi connectivity index (χ1v) is 9.19. The van der Waals surface area contributed by atoms with Gasteiger partial charge in [0.2, 0.25) is 5.95 Å². The summed E-state index contributed by atoms with van der Waals surface area (Å²) in [6.45, 7) is 2.51. The minimum Gasteiger partial charge on any atom is -0.324 e. The van der Waals surface area contributed by atoms with Crippen molar-refractivity contribution in [1.82, 2.24) is 9.97 Å². The second kappa shape index (κ2) is 8.35. The first kappa shape index (κ1) is 18.4. The summed E-state index contributed by atoms with van der Waals surface area (Å²) in [5.41, 5.74) is 3.19. The van der Waals surface area contributed by atoms with E-state index >= 15 is 0 Å². The molecular weight excluding hydrogens is 364 g/mol. The Morgan fingerprint density at radius 1 is 1.07 bits per heavy atom. The number of aryl methyl sites for hydroxylation is 1. The number of hydrogen-bond donors (Lipinski definition) is 2. The van der Waals surface area contributed by atoms with Crippen molar-refractivity contribution >= 4 is 35.3 Å². The molecule has 7 nitrogen and oxygen atoms in total. The number of nitrogens with zero attached hydrogens (tertiary/aromatic N) is 4. The van der Waals surface area contributed by atoms with Gasteiger partial charge in [-0.1, -0.05) is 23.8 Å². The van der Waals surface area contributed by atoms with Crippen LogP contribution in [0.3, 0.4) is 0 Å². The van der Waals surface area contributed by atoms with Crippen molar-refractivity contribution in [2.75, 3.05) is 22.2 Å². The molecule has 0 bridgehead atoms. The monoisotopic (exact) mass is 384 g/mol. The lowest BCUT2D eigenvalue weighted by Crippen LogP contribution is -2.20. The van der Waals surface area contributed by atoms with Gasteiger partial charge in [0.25, 0.3) is 5.91 Å². The number of aromatic nitrogens is 2. The van der Waals surface area contributed by atoms with Crippen molar-refractivity contribution in [3.8, 4) is 0 Å². The van der Waals surface area contributed by atoms with Gasteiger partial charge in [-0.25, -0.2) is 4.98 Å². The Morgan fingerprint density at radius 2 is 1.90 bits per heavy atom. The number of carbonyl (C=O) groups excluding carboxylic acids is 1. The van der Waals surface area contributed by atoms with Crippen LogP contribution in [-0.4, -0.2) is 28.8 Å². The number of benzene rings is 2. The van der Waals surface area contributed by atoms with Crippen LogP contribution >= 0.6 is 0 Å². The minimum absolute atomic E-state index is 0.155. The Morgan fingerprint density at radius 3 is 2.69 bits per heavy atom. The Labute approximate surface area is 168 Å². The van der Waals surface area contributed by atoms with Crippen LogP contribution in [0, 0.1) is 6.92 Å². The molecular formula is C22H20N6O. The molecule has 29 heavy (non-hydrogen) atoms. The number of nitrogens with one attached hydrogen (secondary N) is 2. The van der Waals surface area contributed by atoms with E-state index in [-0.39, 0.29) is 5.91 Å². The summed E-state index contributed by atoms with van der Waals surface area (Å²) < 4.78 is 0. The standard InChI is InChI=1S/C22H20N6O/c1-16-6-8-17(9-7-16)21(29)25-18-4-2-5-19(14-18)26-22-24-12-10-20(27-22)28-13-3-11-23-15-28/h2-14H,15H2,1H3,(H,25,29)(H,24,26,27). The van der Waals surface area contributed by atoms with Gasteiger partial charge in [-0.15, -0.1) is 0 Å². The fourth-order valence-electron chi connectivity index (χ4n) is 2.82. The second-order valence-electron chi connectivity index (χ2n) is 6.55. The molecule has 0 spiro atoms. The zero-order chi connectivity index (χ0) is 20.1. The number of aliphatic imine (C=N–C) groups is 1. The number of allylic oxidation sites excluding steroid dienone is 1. The van der Waals surface area contributed by atoms with Crippen LogP contribution in [0.4, 0.5) is 23.1 Å². The molecule has 0 saturated heterocycles. The van der Waals surface area contributed by atoms with Crippen LogP contribution in [0.2, 0.25) is 0 Å². The fourth-order valence-corrected chi connectivity index (χ4v) is 2.82. The maximum absolute atomic E-state index is 12.4. The van der Waals surface area contributed by atoms with Gasteiger partial charge in [-0.3, -0.25) is 9.79 Å². The SMILES string of the molecule is Cc1ccc(C(=O)Nc2cccc(Nc3nccc(N4C=CC=NC4)n3)c2)cc1. The van der Waals surface area contributed by atoms with Gasteiger partial charge in [0.1, 0.15) is 12.5 Å². The molecule has 0 unspecified atom stereocenters. The number of hydrogen-bond acceptors (Lipinski definition) is 6. The van der Waals surface area contributed by atoms with Crippen LogP contribution in [-0.2, 0) is 0 Å². The van der Waals surface area contributed by atoms with Crippen molar-refractivity contribution in [2.45, 2.75) is 6.92 Å². The van der Waals surface area contributed by atoms with Crippen molar-refractivity contribution < 1.29 is 4.79 Å². The largest absolute Gasteiger partial charge is 0.324 e. The summed E-state index contributed by atoms with van der Waals surface area (Å²) in [4.78, 5) is 27.4. The maximum atomic E-state index is 12.4. The summed E-state index contributed by atoms with van der Waals surface area (Å²) in [5.74, 6) is 1.06. The van der Waals surface area contributed by atoms with Crippen molar-refractivity contribution in [2.24, 2.45) is 4.99 Å². The molecule has 0 atom stereocenters. The fraction of sp³-hybridized carbons (Fsp3) is 0.0909. The highest BCUT2D eigenvalue weighted by atomic mass is 16.1. The van der Waals surface area contributed by atoms with Gasteiger partial charge in [-0.2, -0.15) is 4.98 Å². The summed E-state index contributed by atoms with van der Waals surface area (Å²) in [6, 6.07) is 16.7. The number of rotatable bonds is 5. The van der Waals surface area contributed by atoms with Gasteiger partial charge < -0.3 is 15.5 Å². The number of anilines is 4. The molecule has 2 N–H and O–H groups in total. The number of amides is 1. The average molecular weight is 384 g/mol. The molecule has 0 fully saturated rings. The van der Waals surface area contributed by atoms with Crippen LogP contribution in [0.5, 0.6) is 0 Å². The zero-order valence-electron chi connectivity index (χ0n) is 15.9. The Hall–Kier alpha value is -4.00. The summed E-state index contributed by atoms with van der Waals surface area (Å²) >= 11 is 0. The predicted molar refractivity (Wildman–Crippen MR) is 116 cm³/mol. The van der Waals surface area contributed by atoms with Gasteiger partial charge in [0.15, 0.2) is 0 Å². The lowest BCUT2D eigenvalue weighted by atomic mass is 10.1. The van der Waals surface area contributed by atoms with Gasteiger partial charge in [0.05, 0.1) is 0 Å². The molecule has 144 valence electrons. The molecule has 1 aliphatic heterocycles. The van der Waals surface area contributed by atoms with Crippen LogP contribution < -0.4 is 15.5 Å². The third kappa shape index (κ3) is 4.65. The predicted octanol–water partition coefficient (Wildman–Crippen LogP) is 4.14. The van der Waals surface area contributed by atoms with E-state index in [1.165, 1.54) is 0 Å². The molecule has 1 amide bonds. The molecule has 0 aliphatic carbocycles. The van der Waals surface area contributed by atoms with E-state index in [2.05, 4.69) is 25.6 Å². The highest BCUT2D eigenvalue weighted by Gasteiger charge is 2.09. The molecule has 2 heterocycles. The first-order valence-electron chi connectivity index (χ1n) is 9.19. The lowest BCUT2D eigenvalue weighted by Gasteiger charge is -2.19. The van der Waals surface area contributed by atoms with Crippen LogP contribution in [0.25, 0.3) is 0 Å². The molecule has 1 aliphatic rings. The van der Waals surface area contributed by atoms with Crippen LogP contribution in [0.15, 0.2) is 78.1 Å². The second-order valence-corrected chi connectivity index (χ2v) is 6.55. The van der Waals surface area contributed by atoms with Gasteiger partial charge >= 0.3 is 0 Å². The van der Waals surface area contributed by atoms with E-state index in [0.29, 0.717) is 23.9 Å². The highest BCUT2D eigenvalue weighted by Crippen LogP contribution is 2.21. The maximum Gasteiger partial charge on any atom is 0.255 e. The van der Waals surface area contributed by atoms with E-state index in [1.807, 2.05) is 78.7 Å². The molecule has 2 aromatic carbocycles. The first-order chi connectivity index (χ1) is 14.2. The molecule has 4 rings (SSSR count). The van der Waals surface area contributed by atoms with Crippen molar-refractivity contribution in [1.29, 1.82) is 0 Å². The minimum atomic E-state index is -0.155. The van der Waals surface area contributed by atoms with Crippen LogP contribution in [0.1, 0.15) is 15.9 Å². The molecule has 7 heteroatoms. The van der Waals surface area contributed by atoms with Crippen molar-refractivity contribution in [3.05, 3.63) is 84.2 Å². The van der Waals surface area contributed by atoms with E-state index in [1.54, 1.807) is 12.4 Å². The Balaban J connectivity index is 1.46. The van der Waals surface area contributed by atoms with E-state index in [4.69, 9.17) is 0 Å². The van der Waals surface area contributed by atoms with Gasteiger partial charge in [-0.05, 0) is 49.4 Å². The quantitative estimate of drug-likeness (QED) is 0.691. The Kier molecular flexibility index (Phi) is 5.29. The highest BCUT2D eigenvalue weighted by molar-refractivity contribution is 6.04. The van der Waals surface area contributed by atoms with E-state index in [0.717, 1.165) is 17.1 Å². The molecule has 3 aromatic rings. The van der Waals surface area contributed by atoms with E-state index in [9.17, 15) is 4.79 Å². The third-order valence-corrected chi connectivity index (χ3v) is 4.32. The third-order valence-electron chi connectivity index (χ3n) is 4.32. The van der Waals surface area contributed by atoms with Gasteiger partial charge in [0, 0.05) is 35.5 Å². The smallest absolute Gasteiger partial charge is 0.255 e. The Bertz CT molecular complexity index is 1070. The van der Waals surface area contributed by atoms with E-state index < -0.39 is 0 Å². The van der Waals surface area contributed by atoms with Crippen molar-refractivity contribution in [3.63, 3.8) is 0 Å². The summed E-state index contributed by atoms with van der Waals surface area (Å²) in [7, 11) is 0. The molecule has 0 radical (unpaired) electrons. The summed E-state index contributed by atoms with van der Waals surface area (Å²) in [6.07, 6.45) is 7.23. The number of carbonyl (C=O) groups is 1. The molecule has 1 aromatic heterocycles. The normalized spacial score (nSPS) is 12.7. The topological polar surface area (TPSA) is 82.5 Å². The zero-order valence-corrected chi connectivity index (χ0v) is 15.9. The average Bonchev–Trinajstić information content (AvgIpc) is 2.75. The lowest BCUT2D eigenvalue weighted by molar-refractivity contribution is 0.102. The summed E-state index contributed by atoms with van der Waals surface area (Å²) in [5, 5.41) is 6.10. The molecule has 0 saturated carbocycles.